The number of para-hydroxylation sites is 1. The molecule has 2 aromatic rings. The number of hydrogen-bond acceptors (Lipinski definition) is 3. The minimum atomic E-state index is -0.0864. The smallest absolute Gasteiger partial charge is 0.250 e. The Kier molecular flexibility index (Phi) is 4.74. The zero-order chi connectivity index (χ0) is 14.5. The minimum absolute atomic E-state index is 0.0415. The van der Waals surface area contributed by atoms with E-state index in [0.717, 1.165) is 4.47 Å². The van der Waals surface area contributed by atoms with Crippen molar-refractivity contribution in [1.82, 2.24) is 4.57 Å². The molecule has 0 atom stereocenters. The normalized spacial score (nSPS) is 10.3. The molecule has 0 spiro atoms. The zero-order valence-electron chi connectivity index (χ0n) is 11.0. The lowest BCUT2D eigenvalue weighted by molar-refractivity contribution is 0.101. The predicted octanol–water partition coefficient (Wildman–Crippen LogP) is 2.89. The van der Waals surface area contributed by atoms with Crippen molar-refractivity contribution in [2.45, 2.75) is 13.5 Å². The molecule has 1 heterocycles. The molecular weight excluding hydrogens is 322 g/mol. The minimum Gasteiger partial charge on any atom is -0.491 e. The van der Waals surface area contributed by atoms with E-state index >= 15 is 0 Å². The summed E-state index contributed by atoms with van der Waals surface area (Å²) in [6, 6.07) is 10.3. The van der Waals surface area contributed by atoms with Gasteiger partial charge in [-0.2, -0.15) is 0 Å². The van der Waals surface area contributed by atoms with Gasteiger partial charge in [0.05, 0.1) is 12.1 Å². The Morgan fingerprint density at radius 1 is 1.25 bits per heavy atom. The number of carbonyl (C=O) groups is 1. The van der Waals surface area contributed by atoms with Crippen LogP contribution in [-0.2, 0) is 6.54 Å². The van der Waals surface area contributed by atoms with Gasteiger partial charge < -0.3 is 9.30 Å². The number of Topliss-reactive ketones (excluding diaryl/α,β-unsaturated/α-hetero) is 1. The SMILES string of the molecule is CC(=O)c1ccccc1OCCn1cc(Br)ccc1=O. The molecule has 0 saturated heterocycles. The van der Waals surface area contributed by atoms with Crippen LogP contribution in [0.1, 0.15) is 17.3 Å². The molecule has 0 aliphatic rings. The molecule has 0 saturated carbocycles. The second-order valence-electron chi connectivity index (χ2n) is 4.28. The van der Waals surface area contributed by atoms with Crippen molar-refractivity contribution < 1.29 is 9.53 Å². The van der Waals surface area contributed by atoms with Gasteiger partial charge in [-0.25, -0.2) is 0 Å². The molecular formula is C15H14BrNO3. The first kappa shape index (κ1) is 14.5. The Labute approximate surface area is 125 Å². The molecule has 4 nitrogen and oxygen atoms in total. The summed E-state index contributed by atoms with van der Waals surface area (Å²) in [6.07, 6.45) is 1.71. The van der Waals surface area contributed by atoms with E-state index in [4.69, 9.17) is 4.74 Å². The van der Waals surface area contributed by atoms with Gasteiger partial charge in [0.1, 0.15) is 12.4 Å². The van der Waals surface area contributed by atoms with Gasteiger partial charge in [-0.1, -0.05) is 12.1 Å². The number of ether oxygens (including phenoxy) is 1. The van der Waals surface area contributed by atoms with Crippen LogP contribution >= 0.6 is 15.9 Å². The van der Waals surface area contributed by atoms with Crippen molar-refractivity contribution in [3.8, 4) is 5.75 Å². The summed E-state index contributed by atoms with van der Waals surface area (Å²) in [7, 11) is 0. The quantitative estimate of drug-likeness (QED) is 0.789. The fourth-order valence-corrected chi connectivity index (χ4v) is 2.19. The first-order valence-corrected chi connectivity index (χ1v) is 6.96. The van der Waals surface area contributed by atoms with Crippen LogP contribution in [0.2, 0.25) is 0 Å². The number of benzene rings is 1. The van der Waals surface area contributed by atoms with Crippen LogP contribution in [0.5, 0.6) is 5.75 Å². The third kappa shape index (κ3) is 3.57. The number of rotatable bonds is 5. The highest BCUT2D eigenvalue weighted by Crippen LogP contribution is 2.18. The van der Waals surface area contributed by atoms with Crippen LogP contribution < -0.4 is 10.3 Å². The molecule has 1 aromatic carbocycles. The fourth-order valence-electron chi connectivity index (χ4n) is 1.81. The molecule has 104 valence electrons. The Bertz CT molecular complexity index is 679. The Balaban J connectivity index is 2.05. The first-order chi connectivity index (χ1) is 9.58. The maximum atomic E-state index is 11.6. The second kappa shape index (κ2) is 6.52. The van der Waals surface area contributed by atoms with Crippen molar-refractivity contribution in [2.75, 3.05) is 6.61 Å². The van der Waals surface area contributed by atoms with Crippen LogP contribution in [0.25, 0.3) is 0 Å². The lowest BCUT2D eigenvalue weighted by Crippen LogP contribution is -2.21. The fraction of sp³-hybridized carbons (Fsp3) is 0.200. The summed E-state index contributed by atoms with van der Waals surface area (Å²) in [5.74, 6) is 0.503. The van der Waals surface area contributed by atoms with E-state index < -0.39 is 0 Å². The molecule has 0 N–H and O–H groups in total. The number of pyridine rings is 1. The summed E-state index contributed by atoms with van der Waals surface area (Å²) in [5, 5.41) is 0. The molecule has 1 aromatic heterocycles. The van der Waals surface area contributed by atoms with Crippen molar-refractivity contribution in [2.24, 2.45) is 0 Å². The molecule has 20 heavy (non-hydrogen) atoms. The maximum absolute atomic E-state index is 11.6. The Morgan fingerprint density at radius 2 is 2.00 bits per heavy atom. The highest BCUT2D eigenvalue weighted by molar-refractivity contribution is 9.10. The highest BCUT2D eigenvalue weighted by atomic mass is 79.9. The summed E-state index contributed by atoms with van der Waals surface area (Å²) in [6.45, 7) is 2.24. The summed E-state index contributed by atoms with van der Waals surface area (Å²) in [5.41, 5.74) is 0.464. The number of aromatic nitrogens is 1. The van der Waals surface area contributed by atoms with Crippen molar-refractivity contribution in [3.05, 3.63) is 63.0 Å². The van der Waals surface area contributed by atoms with Crippen LogP contribution in [0.3, 0.4) is 0 Å². The van der Waals surface area contributed by atoms with Crippen molar-refractivity contribution in [3.63, 3.8) is 0 Å². The zero-order valence-corrected chi connectivity index (χ0v) is 12.6. The molecule has 0 bridgehead atoms. The van der Waals surface area contributed by atoms with Crippen molar-refractivity contribution >= 4 is 21.7 Å². The van der Waals surface area contributed by atoms with Crippen LogP contribution in [0.15, 0.2) is 51.9 Å². The average Bonchev–Trinajstić information content (AvgIpc) is 2.43. The van der Waals surface area contributed by atoms with Crippen LogP contribution in [-0.4, -0.2) is 17.0 Å². The molecule has 2 rings (SSSR count). The lowest BCUT2D eigenvalue weighted by Gasteiger charge is -2.10. The van der Waals surface area contributed by atoms with Crippen molar-refractivity contribution in [1.29, 1.82) is 0 Å². The molecule has 0 aliphatic heterocycles. The standard InChI is InChI=1S/C15H14BrNO3/c1-11(18)13-4-2-3-5-14(13)20-9-8-17-10-12(16)6-7-15(17)19/h2-7,10H,8-9H2,1H3. The van der Waals surface area contributed by atoms with Gasteiger partial charge in [-0.15, -0.1) is 0 Å². The largest absolute Gasteiger partial charge is 0.491 e. The molecule has 5 heteroatoms. The highest BCUT2D eigenvalue weighted by Gasteiger charge is 2.07. The van der Waals surface area contributed by atoms with Crippen LogP contribution in [0, 0.1) is 0 Å². The average molecular weight is 336 g/mol. The van der Waals surface area contributed by atoms with Gasteiger partial charge in [0, 0.05) is 16.7 Å². The van der Waals surface area contributed by atoms with Crippen LogP contribution in [0.4, 0.5) is 0 Å². The summed E-state index contributed by atoms with van der Waals surface area (Å²) < 4.78 is 7.99. The predicted molar refractivity (Wildman–Crippen MR) is 80.3 cm³/mol. The summed E-state index contributed by atoms with van der Waals surface area (Å²) in [4.78, 5) is 23.1. The first-order valence-electron chi connectivity index (χ1n) is 6.16. The molecule has 0 fully saturated rings. The van der Waals surface area contributed by atoms with E-state index in [1.807, 2.05) is 6.07 Å². The van der Waals surface area contributed by atoms with E-state index in [-0.39, 0.29) is 11.3 Å². The second-order valence-corrected chi connectivity index (χ2v) is 5.20. The van der Waals surface area contributed by atoms with Gasteiger partial charge in [0.2, 0.25) is 0 Å². The van der Waals surface area contributed by atoms with Gasteiger partial charge in [0.25, 0.3) is 5.56 Å². The van der Waals surface area contributed by atoms with E-state index in [0.29, 0.717) is 24.5 Å². The summed E-state index contributed by atoms with van der Waals surface area (Å²) >= 11 is 3.32. The van der Waals surface area contributed by atoms with E-state index in [2.05, 4.69) is 15.9 Å². The monoisotopic (exact) mass is 335 g/mol. The molecule has 0 amide bonds. The van der Waals surface area contributed by atoms with E-state index in [9.17, 15) is 9.59 Å². The Morgan fingerprint density at radius 3 is 2.75 bits per heavy atom. The topological polar surface area (TPSA) is 48.3 Å². The molecule has 0 radical (unpaired) electrons. The number of hydrogen-bond donors (Lipinski definition) is 0. The Hall–Kier alpha value is -1.88. The van der Waals surface area contributed by atoms with Gasteiger partial charge in [0.15, 0.2) is 5.78 Å². The molecule has 0 unspecified atom stereocenters. The maximum Gasteiger partial charge on any atom is 0.250 e. The number of ketones is 1. The van der Waals surface area contributed by atoms with Gasteiger partial charge >= 0.3 is 0 Å². The van der Waals surface area contributed by atoms with Gasteiger partial charge in [-0.3, -0.25) is 9.59 Å². The number of nitrogens with zero attached hydrogens (tertiary/aromatic N) is 1. The third-order valence-corrected chi connectivity index (χ3v) is 3.27. The van der Waals surface area contributed by atoms with Gasteiger partial charge in [-0.05, 0) is 41.1 Å². The lowest BCUT2D eigenvalue weighted by atomic mass is 10.1. The number of carbonyl (C=O) groups excluding carboxylic acids is 1. The molecule has 0 aliphatic carbocycles. The third-order valence-electron chi connectivity index (χ3n) is 2.80. The number of halogens is 1. The van der Waals surface area contributed by atoms with E-state index in [1.165, 1.54) is 13.0 Å². The van der Waals surface area contributed by atoms with E-state index in [1.54, 1.807) is 35.0 Å².